The molecule has 0 aliphatic carbocycles. The molecule has 174 valence electrons. The van der Waals surface area contributed by atoms with Crippen molar-refractivity contribution in [3.05, 3.63) is 72.0 Å². The maximum absolute atomic E-state index is 12.2. The molecule has 3 aromatic rings. The number of anilines is 1. The predicted molar refractivity (Wildman–Crippen MR) is 128 cm³/mol. The van der Waals surface area contributed by atoms with Gasteiger partial charge in [-0.3, -0.25) is 9.45 Å². The molecule has 2 heterocycles. The van der Waals surface area contributed by atoms with Gasteiger partial charge in [-0.1, -0.05) is 45.0 Å². The van der Waals surface area contributed by atoms with Crippen molar-refractivity contribution in [2.24, 2.45) is 0 Å². The first kappa shape index (κ1) is 23.1. The standard InChI is InChI=1S/C25H28N2O5S/c1-4-15-26-19-11-7-9-13-21(19)31-23(26)16-18(5-2)17-24-27(25(6-3)33(28,29)30)20-12-8-10-14-22(20)32-24/h7-14,16-17,25H,4-6,15H2,1-3H3/p+1. The van der Waals surface area contributed by atoms with Crippen LogP contribution in [-0.2, 0) is 16.7 Å². The Morgan fingerprint density at radius 1 is 1.12 bits per heavy atom. The maximum atomic E-state index is 12.2. The topological polar surface area (TPSA) is 83.9 Å². The first-order valence-electron chi connectivity index (χ1n) is 11.2. The van der Waals surface area contributed by atoms with E-state index >= 15 is 0 Å². The molecule has 8 heteroatoms. The average molecular weight is 470 g/mol. The Morgan fingerprint density at radius 2 is 1.85 bits per heavy atom. The van der Waals surface area contributed by atoms with Crippen LogP contribution in [0.4, 0.5) is 5.69 Å². The van der Waals surface area contributed by atoms with E-state index in [9.17, 15) is 13.0 Å². The van der Waals surface area contributed by atoms with E-state index in [-0.39, 0.29) is 6.42 Å². The van der Waals surface area contributed by atoms with E-state index in [1.54, 1.807) is 24.0 Å². The molecule has 1 aliphatic heterocycles. The summed E-state index contributed by atoms with van der Waals surface area (Å²) in [6.45, 7) is 6.66. The van der Waals surface area contributed by atoms with Crippen LogP contribution in [0.3, 0.4) is 0 Å². The van der Waals surface area contributed by atoms with Crippen LogP contribution in [0, 0.1) is 0 Å². The second kappa shape index (κ2) is 9.41. The summed E-state index contributed by atoms with van der Waals surface area (Å²) in [5.41, 5.74) is 3.34. The predicted octanol–water partition coefficient (Wildman–Crippen LogP) is 5.29. The fraction of sp³-hybridized carbons (Fsp3) is 0.320. The molecule has 1 atom stereocenters. The highest BCUT2D eigenvalue weighted by Crippen LogP contribution is 2.42. The van der Waals surface area contributed by atoms with Gasteiger partial charge in [0.2, 0.25) is 11.5 Å². The van der Waals surface area contributed by atoms with Crippen molar-refractivity contribution in [2.45, 2.75) is 52.0 Å². The number of aryl methyl sites for hydroxylation is 1. The summed E-state index contributed by atoms with van der Waals surface area (Å²) in [5, 5.41) is -1.15. The first-order valence-corrected chi connectivity index (χ1v) is 12.7. The normalized spacial score (nSPS) is 16.3. The number of hydrogen-bond acceptors (Lipinski definition) is 5. The van der Waals surface area contributed by atoms with Gasteiger partial charge in [0, 0.05) is 18.6 Å². The smallest absolute Gasteiger partial charge is 0.374 e. The number of para-hydroxylation sites is 4. The lowest BCUT2D eigenvalue weighted by Gasteiger charge is -2.25. The highest BCUT2D eigenvalue weighted by Gasteiger charge is 2.38. The van der Waals surface area contributed by atoms with Crippen molar-refractivity contribution in [1.82, 2.24) is 0 Å². The Bertz CT molecular complexity index is 1320. The van der Waals surface area contributed by atoms with Crippen LogP contribution in [0.15, 0.2) is 70.5 Å². The van der Waals surface area contributed by atoms with Crippen LogP contribution < -0.4 is 14.2 Å². The van der Waals surface area contributed by atoms with Crippen LogP contribution >= 0.6 is 0 Å². The molecule has 0 radical (unpaired) electrons. The molecular formula is C25H29N2O5S+. The Hall–Kier alpha value is -3.10. The lowest BCUT2D eigenvalue weighted by Crippen LogP contribution is -2.39. The van der Waals surface area contributed by atoms with E-state index in [1.807, 2.05) is 55.5 Å². The van der Waals surface area contributed by atoms with E-state index in [1.165, 1.54) is 0 Å². The number of benzene rings is 2. The number of nitrogens with zero attached hydrogens (tertiary/aromatic N) is 2. The Balaban J connectivity index is 1.81. The molecule has 1 unspecified atom stereocenters. The zero-order valence-corrected chi connectivity index (χ0v) is 19.9. The van der Waals surface area contributed by atoms with Gasteiger partial charge in [-0.05, 0) is 36.6 Å². The van der Waals surface area contributed by atoms with Crippen LogP contribution in [0.1, 0.15) is 45.9 Å². The zero-order valence-electron chi connectivity index (χ0n) is 19.1. The van der Waals surface area contributed by atoms with Gasteiger partial charge in [0.25, 0.3) is 15.6 Å². The molecule has 33 heavy (non-hydrogen) atoms. The van der Waals surface area contributed by atoms with Crippen molar-refractivity contribution < 1.29 is 26.7 Å². The molecular weight excluding hydrogens is 440 g/mol. The molecule has 1 aromatic heterocycles. The molecule has 1 aliphatic rings. The lowest BCUT2D eigenvalue weighted by molar-refractivity contribution is -0.678. The summed E-state index contributed by atoms with van der Waals surface area (Å²) < 4.78 is 48.5. The molecule has 7 nitrogen and oxygen atoms in total. The molecule has 0 bridgehead atoms. The van der Waals surface area contributed by atoms with Crippen molar-refractivity contribution in [3.63, 3.8) is 0 Å². The third-order valence-corrected chi connectivity index (χ3v) is 6.90. The van der Waals surface area contributed by atoms with Gasteiger partial charge in [0.1, 0.15) is 0 Å². The number of aromatic nitrogens is 1. The average Bonchev–Trinajstić information content (AvgIpc) is 3.31. The van der Waals surface area contributed by atoms with Gasteiger partial charge < -0.3 is 9.15 Å². The van der Waals surface area contributed by atoms with Crippen molar-refractivity contribution in [2.75, 3.05) is 4.90 Å². The summed E-state index contributed by atoms with van der Waals surface area (Å²) in [6, 6.07) is 15.1. The van der Waals surface area contributed by atoms with E-state index < -0.39 is 15.5 Å². The second-order valence-electron chi connectivity index (χ2n) is 7.93. The monoisotopic (exact) mass is 469 g/mol. The minimum absolute atomic E-state index is 0.194. The largest absolute Gasteiger partial charge is 0.439 e. The third kappa shape index (κ3) is 4.54. The fourth-order valence-corrected chi connectivity index (χ4v) is 5.03. The Kier molecular flexibility index (Phi) is 6.58. The zero-order chi connectivity index (χ0) is 23.6. The molecule has 0 amide bonds. The summed E-state index contributed by atoms with van der Waals surface area (Å²) in [4.78, 5) is 1.55. The number of allylic oxidation sites excluding steroid dienone is 2. The Morgan fingerprint density at radius 3 is 2.55 bits per heavy atom. The number of hydrogen-bond donors (Lipinski definition) is 1. The van der Waals surface area contributed by atoms with Gasteiger partial charge in [0.05, 0.1) is 11.8 Å². The molecule has 2 aromatic carbocycles. The van der Waals surface area contributed by atoms with Crippen molar-refractivity contribution in [3.8, 4) is 5.75 Å². The van der Waals surface area contributed by atoms with Crippen molar-refractivity contribution in [1.29, 1.82) is 0 Å². The Labute approximate surface area is 194 Å². The molecule has 0 spiro atoms. The lowest BCUT2D eigenvalue weighted by atomic mass is 10.1. The van der Waals surface area contributed by atoms with Crippen LogP contribution in [0.25, 0.3) is 17.2 Å². The quantitative estimate of drug-likeness (QED) is 0.357. The van der Waals surface area contributed by atoms with Crippen molar-refractivity contribution >= 4 is 33.0 Å². The van der Waals surface area contributed by atoms with Crippen LogP contribution in [0.5, 0.6) is 5.75 Å². The third-order valence-electron chi connectivity index (χ3n) is 5.67. The van der Waals surface area contributed by atoms with Gasteiger partial charge in [-0.15, -0.1) is 0 Å². The molecule has 0 fully saturated rings. The molecule has 4 rings (SSSR count). The van der Waals surface area contributed by atoms with Crippen LogP contribution in [0.2, 0.25) is 0 Å². The highest BCUT2D eigenvalue weighted by molar-refractivity contribution is 7.86. The van der Waals surface area contributed by atoms with E-state index in [4.69, 9.17) is 9.15 Å². The van der Waals surface area contributed by atoms with Gasteiger partial charge in [-0.25, -0.2) is 0 Å². The molecule has 0 saturated carbocycles. The van der Waals surface area contributed by atoms with Gasteiger partial charge in [-0.2, -0.15) is 13.0 Å². The maximum Gasteiger partial charge on any atom is 0.374 e. The first-order chi connectivity index (χ1) is 15.9. The summed E-state index contributed by atoms with van der Waals surface area (Å²) in [6.07, 6.45) is 5.59. The number of oxazole rings is 1. The van der Waals surface area contributed by atoms with E-state index in [0.29, 0.717) is 23.7 Å². The van der Waals surface area contributed by atoms with Gasteiger partial charge >= 0.3 is 5.89 Å². The SMILES string of the molecule is CCC[n+]1c(C=C(C=C2Oc3ccccc3N2C(CC)S(=O)(=O)O)CC)oc2ccccc21. The summed E-state index contributed by atoms with van der Waals surface area (Å²) in [7, 11) is -4.34. The fourth-order valence-electron chi connectivity index (χ4n) is 4.12. The number of fused-ring (bicyclic) bond motifs is 2. The summed E-state index contributed by atoms with van der Waals surface area (Å²) in [5.74, 6) is 1.62. The summed E-state index contributed by atoms with van der Waals surface area (Å²) >= 11 is 0. The number of rotatable bonds is 8. The molecule has 0 saturated heterocycles. The minimum Gasteiger partial charge on any atom is -0.439 e. The van der Waals surface area contributed by atoms with Crippen LogP contribution in [-0.4, -0.2) is 18.3 Å². The minimum atomic E-state index is -4.34. The molecule has 1 N–H and O–H groups in total. The van der Waals surface area contributed by atoms with Gasteiger partial charge in [0.15, 0.2) is 17.7 Å². The van der Waals surface area contributed by atoms with E-state index in [2.05, 4.69) is 11.5 Å². The highest BCUT2D eigenvalue weighted by atomic mass is 32.2. The van der Waals surface area contributed by atoms with E-state index in [0.717, 1.165) is 35.5 Å². The number of ether oxygens (including phenoxy) is 1. The second-order valence-corrected chi connectivity index (χ2v) is 9.51.